The zero-order chi connectivity index (χ0) is 12.7. The maximum absolute atomic E-state index is 5.74. The molecule has 1 aromatic heterocycles. The van der Waals surface area contributed by atoms with Gasteiger partial charge in [0.25, 0.3) is 0 Å². The Morgan fingerprint density at radius 1 is 1.29 bits per heavy atom. The third-order valence-electron chi connectivity index (χ3n) is 2.19. The normalized spacial score (nSPS) is 12.0. The van der Waals surface area contributed by atoms with Gasteiger partial charge in [-0.15, -0.1) is 0 Å². The molecule has 0 aliphatic carbocycles. The van der Waals surface area contributed by atoms with Crippen LogP contribution < -0.4 is 5.32 Å². The fourth-order valence-corrected chi connectivity index (χ4v) is 2.05. The average Bonchev–Trinajstić information content (AvgIpc) is 2.69. The predicted octanol–water partition coefficient (Wildman–Crippen LogP) is 3.05. The predicted molar refractivity (Wildman–Crippen MR) is 73.3 cm³/mol. The Labute approximate surface area is 108 Å². The average molecular weight is 257 g/mol. The van der Waals surface area contributed by atoms with Gasteiger partial charge in [-0.3, -0.25) is 0 Å². The van der Waals surface area contributed by atoms with Crippen molar-refractivity contribution in [2.45, 2.75) is 38.6 Å². The second-order valence-electron chi connectivity index (χ2n) is 5.02. The molecule has 0 fully saturated rings. The Kier molecular flexibility index (Phi) is 6.09. The SMILES string of the molecule is COCCSCc1ccc(CNC(C)(C)C)o1. The molecule has 1 aromatic rings. The van der Waals surface area contributed by atoms with Crippen molar-refractivity contribution in [3.63, 3.8) is 0 Å². The fourth-order valence-electron chi connectivity index (χ4n) is 1.26. The first-order valence-electron chi connectivity index (χ1n) is 5.90. The number of ether oxygens (including phenoxy) is 1. The second kappa shape index (κ2) is 7.09. The van der Waals surface area contributed by atoms with E-state index in [9.17, 15) is 0 Å². The Bertz CT molecular complexity index is 317. The van der Waals surface area contributed by atoms with Gasteiger partial charge in [-0.05, 0) is 32.9 Å². The zero-order valence-electron chi connectivity index (χ0n) is 11.2. The van der Waals surface area contributed by atoms with Crippen LogP contribution in [-0.2, 0) is 17.0 Å². The van der Waals surface area contributed by atoms with Crippen LogP contribution in [0.4, 0.5) is 0 Å². The minimum Gasteiger partial charge on any atom is -0.464 e. The molecule has 1 rings (SSSR count). The second-order valence-corrected chi connectivity index (χ2v) is 6.12. The van der Waals surface area contributed by atoms with E-state index in [4.69, 9.17) is 9.15 Å². The number of methoxy groups -OCH3 is 1. The molecular formula is C13H23NO2S. The Hall–Kier alpha value is -0.450. The molecule has 0 unspecified atom stereocenters. The molecule has 4 heteroatoms. The summed E-state index contributed by atoms with van der Waals surface area (Å²) in [6, 6.07) is 4.10. The first-order valence-corrected chi connectivity index (χ1v) is 7.06. The van der Waals surface area contributed by atoms with Crippen LogP contribution in [0.5, 0.6) is 0 Å². The van der Waals surface area contributed by atoms with Crippen molar-refractivity contribution in [3.05, 3.63) is 23.7 Å². The largest absolute Gasteiger partial charge is 0.464 e. The third kappa shape index (κ3) is 6.76. The molecule has 1 heterocycles. The number of nitrogens with one attached hydrogen (secondary N) is 1. The van der Waals surface area contributed by atoms with Crippen molar-refractivity contribution in [3.8, 4) is 0 Å². The molecule has 98 valence electrons. The smallest absolute Gasteiger partial charge is 0.118 e. The summed E-state index contributed by atoms with van der Waals surface area (Å²) < 4.78 is 10.7. The summed E-state index contributed by atoms with van der Waals surface area (Å²) in [5, 5.41) is 3.41. The van der Waals surface area contributed by atoms with E-state index in [1.165, 1.54) is 0 Å². The van der Waals surface area contributed by atoms with Crippen molar-refractivity contribution in [1.29, 1.82) is 0 Å². The molecule has 0 amide bonds. The lowest BCUT2D eigenvalue weighted by molar-refractivity contribution is 0.218. The molecule has 17 heavy (non-hydrogen) atoms. The molecule has 0 saturated heterocycles. The summed E-state index contributed by atoms with van der Waals surface area (Å²) in [5.41, 5.74) is 0.125. The van der Waals surface area contributed by atoms with Gasteiger partial charge in [0.15, 0.2) is 0 Å². The molecule has 0 bridgehead atoms. The Balaban J connectivity index is 2.28. The van der Waals surface area contributed by atoms with Crippen molar-refractivity contribution in [1.82, 2.24) is 5.32 Å². The highest BCUT2D eigenvalue weighted by Gasteiger charge is 2.10. The molecule has 0 atom stereocenters. The van der Waals surface area contributed by atoms with E-state index < -0.39 is 0 Å². The first kappa shape index (κ1) is 14.6. The minimum absolute atomic E-state index is 0.125. The van der Waals surface area contributed by atoms with Gasteiger partial charge in [0.1, 0.15) is 11.5 Å². The van der Waals surface area contributed by atoms with E-state index in [1.54, 1.807) is 7.11 Å². The Morgan fingerprint density at radius 2 is 2.00 bits per heavy atom. The van der Waals surface area contributed by atoms with E-state index in [0.29, 0.717) is 0 Å². The van der Waals surface area contributed by atoms with E-state index in [0.717, 1.165) is 36.2 Å². The quantitative estimate of drug-likeness (QED) is 0.761. The molecule has 3 nitrogen and oxygen atoms in total. The molecule has 0 radical (unpaired) electrons. The first-order chi connectivity index (χ1) is 8.01. The third-order valence-corrected chi connectivity index (χ3v) is 3.13. The lowest BCUT2D eigenvalue weighted by atomic mass is 10.1. The van der Waals surface area contributed by atoms with Gasteiger partial charge in [0.05, 0.1) is 18.9 Å². The lowest BCUT2D eigenvalue weighted by Gasteiger charge is -2.19. The molecular weight excluding hydrogens is 234 g/mol. The maximum Gasteiger partial charge on any atom is 0.118 e. The monoisotopic (exact) mass is 257 g/mol. The Morgan fingerprint density at radius 3 is 2.65 bits per heavy atom. The highest BCUT2D eigenvalue weighted by molar-refractivity contribution is 7.98. The fraction of sp³-hybridized carbons (Fsp3) is 0.692. The van der Waals surface area contributed by atoms with Gasteiger partial charge in [-0.1, -0.05) is 0 Å². The van der Waals surface area contributed by atoms with Crippen molar-refractivity contribution in [2.75, 3.05) is 19.5 Å². The zero-order valence-corrected chi connectivity index (χ0v) is 12.0. The molecule has 0 aliphatic rings. The molecule has 0 aromatic carbocycles. The summed E-state index contributed by atoms with van der Waals surface area (Å²) in [7, 11) is 1.73. The van der Waals surface area contributed by atoms with E-state index >= 15 is 0 Å². The summed E-state index contributed by atoms with van der Waals surface area (Å²) in [6.07, 6.45) is 0. The molecule has 1 N–H and O–H groups in total. The van der Waals surface area contributed by atoms with Gasteiger partial charge >= 0.3 is 0 Å². The summed E-state index contributed by atoms with van der Waals surface area (Å²) >= 11 is 1.83. The molecule has 0 aliphatic heterocycles. The lowest BCUT2D eigenvalue weighted by Crippen LogP contribution is -2.34. The topological polar surface area (TPSA) is 34.4 Å². The van der Waals surface area contributed by atoms with E-state index in [1.807, 2.05) is 17.8 Å². The van der Waals surface area contributed by atoms with Crippen molar-refractivity contribution in [2.24, 2.45) is 0 Å². The van der Waals surface area contributed by atoms with E-state index in [-0.39, 0.29) is 5.54 Å². The van der Waals surface area contributed by atoms with Crippen molar-refractivity contribution < 1.29 is 9.15 Å². The van der Waals surface area contributed by atoms with Crippen LogP contribution in [0.3, 0.4) is 0 Å². The summed E-state index contributed by atoms with van der Waals surface area (Å²) in [4.78, 5) is 0. The summed E-state index contributed by atoms with van der Waals surface area (Å²) in [5.74, 6) is 3.96. The van der Waals surface area contributed by atoms with Crippen LogP contribution in [0.25, 0.3) is 0 Å². The van der Waals surface area contributed by atoms with Crippen LogP contribution in [-0.4, -0.2) is 25.0 Å². The highest BCUT2D eigenvalue weighted by atomic mass is 32.2. The van der Waals surface area contributed by atoms with Gasteiger partial charge in [-0.2, -0.15) is 11.8 Å². The number of hydrogen-bond donors (Lipinski definition) is 1. The van der Waals surface area contributed by atoms with Crippen LogP contribution in [0.1, 0.15) is 32.3 Å². The van der Waals surface area contributed by atoms with E-state index in [2.05, 4.69) is 32.2 Å². The van der Waals surface area contributed by atoms with Gasteiger partial charge in [0.2, 0.25) is 0 Å². The minimum atomic E-state index is 0.125. The van der Waals surface area contributed by atoms with Crippen LogP contribution in [0.15, 0.2) is 16.5 Å². The van der Waals surface area contributed by atoms with Gasteiger partial charge in [0, 0.05) is 18.4 Å². The standard InChI is InChI=1S/C13H23NO2S/c1-13(2,3)14-9-11-5-6-12(16-11)10-17-8-7-15-4/h5-6,14H,7-10H2,1-4H3. The van der Waals surface area contributed by atoms with Crippen LogP contribution >= 0.6 is 11.8 Å². The number of furan rings is 1. The van der Waals surface area contributed by atoms with Crippen LogP contribution in [0.2, 0.25) is 0 Å². The molecule has 0 spiro atoms. The highest BCUT2D eigenvalue weighted by Crippen LogP contribution is 2.15. The molecule has 0 saturated carbocycles. The van der Waals surface area contributed by atoms with Gasteiger partial charge < -0.3 is 14.5 Å². The van der Waals surface area contributed by atoms with Gasteiger partial charge in [-0.25, -0.2) is 0 Å². The number of hydrogen-bond acceptors (Lipinski definition) is 4. The maximum atomic E-state index is 5.74. The van der Waals surface area contributed by atoms with Crippen LogP contribution in [0, 0.1) is 0 Å². The number of thioether (sulfide) groups is 1. The summed E-state index contributed by atoms with van der Waals surface area (Å²) in [6.45, 7) is 8.03. The number of rotatable bonds is 7. The van der Waals surface area contributed by atoms with Crippen molar-refractivity contribution >= 4 is 11.8 Å².